The molecule has 0 radical (unpaired) electrons. The first-order valence-electron chi connectivity index (χ1n) is 11.6. The third-order valence-corrected chi connectivity index (χ3v) is 8.18. The van der Waals surface area contributed by atoms with Gasteiger partial charge in [-0.1, -0.05) is 39.7 Å². The molecular formula is C25H36O4. The molecule has 1 aromatic rings. The predicted molar refractivity (Wildman–Crippen MR) is 113 cm³/mol. The van der Waals surface area contributed by atoms with Gasteiger partial charge in [-0.15, -0.1) is 0 Å². The number of rotatable bonds is 5. The molecule has 3 aliphatic carbocycles. The Kier molecular flexibility index (Phi) is 5.81. The molecule has 6 atom stereocenters. The molecule has 3 aliphatic rings. The van der Waals surface area contributed by atoms with E-state index in [-0.39, 0.29) is 11.5 Å². The van der Waals surface area contributed by atoms with E-state index >= 15 is 0 Å². The molecule has 2 fully saturated rings. The summed E-state index contributed by atoms with van der Waals surface area (Å²) >= 11 is 0. The minimum Gasteiger partial charge on any atom is -0.508 e. The van der Waals surface area contributed by atoms with Crippen molar-refractivity contribution in [3.8, 4) is 5.75 Å². The highest BCUT2D eigenvalue weighted by atomic mass is 16.7. The van der Waals surface area contributed by atoms with Gasteiger partial charge in [-0.25, -0.2) is 4.79 Å². The van der Waals surface area contributed by atoms with E-state index in [2.05, 4.69) is 26.8 Å². The van der Waals surface area contributed by atoms with Crippen molar-refractivity contribution in [2.75, 3.05) is 6.61 Å². The summed E-state index contributed by atoms with van der Waals surface area (Å²) in [5.74, 6) is 2.73. The zero-order valence-electron chi connectivity index (χ0n) is 18.2. The van der Waals surface area contributed by atoms with Gasteiger partial charge in [-0.2, -0.15) is 0 Å². The second-order valence-electron chi connectivity index (χ2n) is 9.89. The molecule has 0 aromatic heterocycles. The minimum atomic E-state index is -0.479. The Labute approximate surface area is 175 Å². The molecule has 0 aliphatic heterocycles. The summed E-state index contributed by atoms with van der Waals surface area (Å²) in [7, 11) is 0. The van der Waals surface area contributed by atoms with Crippen LogP contribution in [0.15, 0.2) is 18.2 Å². The first kappa shape index (κ1) is 20.6. The summed E-state index contributed by atoms with van der Waals surface area (Å²) in [6.07, 6.45) is 7.92. The molecule has 4 rings (SSSR count). The Morgan fingerprint density at radius 1 is 1.24 bits per heavy atom. The first-order chi connectivity index (χ1) is 13.9. The second kappa shape index (κ2) is 8.20. The van der Waals surface area contributed by atoms with Gasteiger partial charge in [0.25, 0.3) is 0 Å². The molecule has 1 N–H and O–H groups in total. The summed E-state index contributed by atoms with van der Waals surface area (Å²) < 4.78 is 11.2. The zero-order chi connectivity index (χ0) is 20.6. The number of unbranched alkanes of at least 4 members (excludes halogenated alkanes) is 2. The second-order valence-corrected chi connectivity index (χ2v) is 9.89. The number of benzene rings is 1. The summed E-state index contributed by atoms with van der Waals surface area (Å²) in [6.45, 7) is 7.31. The minimum absolute atomic E-state index is 0.0273. The fourth-order valence-corrected chi connectivity index (χ4v) is 6.77. The maximum absolute atomic E-state index is 12.3. The average Bonchev–Trinajstić information content (AvgIpc) is 3.01. The van der Waals surface area contributed by atoms with Crippen molar-refractivity contribution in [2.24, 2.45) is 23.2 Å². The SMILES string of the molecule is CCCCCOC(=O)O[C@H]1CCC2C3C(CC[C@@]21C)c1ccc(O)cc1C[C@@H]3C. The van der Waals surface area contributed by atoms with E-state index in [0.29, 0.717) is 36.0 Å². The largest absolute Gasteiger partial charge is 0.508 e. The third kappa shape index (κ3) is 3.75. The van der Waals surface area contributed by atoms with Gasteiger partial charge in [-0.3, -0.25) is 0 Å². The van der Waals surface area contributed by atoms with Crippen molar-refractivity contribution in [2.45, 2.75) is 84.2 Å². The van der Waals surface area contributed by atoms with Gasteiger partial charge in [0, 0.05) is 5.41 Å². The van der Waals surface area contributed by atoms with Crippen LogP contribution in [0.2, 0.25) is 0 Å². The molecule has 1 aromatic carbocycles. The van der Waals surface area contributed by atoms with E-state index in [0.717, 1.165) is 51.4 Å². The summed E-state index contributed by atoms with van der Waals surface area (Å²) in [4.78, 5) is 12.3. The van der Waals surface area contributed by atoms with Crippen LogP contribution in [0, 0.1) is 23.2 Å². The van der Waals surface area contributed by atoms with Gasteiger partial charge in [-0.05, 0) is 85.5 Å². The Morgan fingerprint density at radius 3 is 2.86 bits per heavy atom. The van der Waals surface area contributed by atoms with Crippen LogP contribution in [0.3, 0.4) is 0 Å². The van der Waals surface area contributed by atoms with E-state index in [1.165, 1.54) is 11.1 Å². The molecule has 2 saturated carbocycles. The van der Waals surface area contributed by atoms with Gasteiger partial charge < -0.3 is 14.6 Å². The summed E-state index contributed by atoms with van der Waals surface area (Å²) in [5.41, 5.74) is 2.81. The van der Waals surface area contributed by atoms with Gasteiger partial charge in [0.2, 0.25) is 0 Å². The lowest BCUT2D eigenvalue weighted by Crippen LogP contribution is -2.47. The summed E-state index contributed by atoms with van der Waals surface area (Å²) in [6, 6.07) is 5.95. The van der Waals surface area contributed by atoms with Crippen molar-refractivity contribution in [1.82, 2.24) is 0 Å². The van der Waals surface area contributed by atoms with E-state index in [9.17, 15) is 9.90 Å². The highest BCUT2D eigenvalue weighted by Gasteiger charge is 2.57. The van der Waals surface area contributed by atoms with Crippen LogP contribution in [0.25, 0.3) is 0 Å². The predicted octanol–water partition coefficient (Wildman–Crippen LogP) is 6.21. The number of hydrogen-bond acceptors (Lipinski definition) is 4. The number of ether oxygens (including phenoxy) is 2. The monoisotopic (exact) mass is 400 g/mol. The Balaban J connectivity index is 1.46. The molecule has 4 heteroatoms. The van der Waals surface area contributed by atoms with Crippen molar-refractivity contribution >= 4 is 6.16 Å². The van der Waals surface area contributed by atoms with Crippen molar-refractivity contribution in [3.05, 3.63) is 29.3 Å². The van der Waals surface area contributed by atoms with Crippen LogP contribution in [0.5, 0.6) is 5.75 Å². The first-order valence-corrected chi connectivity index (χ1v) is 11.6. The number of hydrogen-bond donors (Lipinski definition) is 1. The Morgan fingerprint density at radius 2 is 2.07 bits per heavy atom. The van der Waals surface area contributed by atoms with Crippen LogP contribution in [-0.4, -0.2) is 24.0 Å². The van der Waals surface area contributed by atoms with Crippen LogP contribution in [-0.2, 0) is 15.9 Å². The van der Waals surface area contributed by atoms with Crippen LogP contribution >= 0.6 is 0 Å². The highest BCUT2D eigenvalue weighted by Crippen LogP contribution is 2.62. The van der Waals surface area contributed by atoms with Gasteiger partial charge in [0.05, 0.1) is 6.61 Å². The number of phenolic OH excluding ortho intramolecular Hbond substituents is 1. The lowest BCUT2D eigenvalue weighted by molar-refractivity contribution is -0.0618. The zero-order valence-corrected chi connectivity index (χ0v) is 18.2. The molecule has 0 spiro atoms. The van der Waals surface area contributed by atoms with E-state index in [1.54, 1.807) is 0 Å². The Bertz CT molecular complexity index is 744. The number of fused-ring (bicyclic) bond motifs is 5. The fourth-order valence-electron chi connectivity index (χ4n) is 6.77. The lowest BCUT2D eigenvalue weighted by atomic mass is 9.53. The van der Waals surface area contributed by atoms with E-state index in [4.69, 9.17) is 9.47 Å². The van der Waals surface area contributed by atoms with Crippen molar-refractivity contribution in [3.63, 3.8) is 0 Å². The van der Waals surface area contributed by atoms with Crippen molar-refractivity contribution in [1.29, 1.82) is 0 Å². The number of phenols is 1. The van der Waals surface area contributed by atoms with Gasteiger partial charge in [0.15, 0.2) is 0 Å². The molecule has 0 bridgehead atoms. The molecule has 29 heavy (non-hydrogen) atoms. The number of carbonyl (C=O) groups is 1. The van der Waals surface area contributed by atoms with E-state index in [1.807, 2.05) is 12.1 Å². The molecule has 4 nitrogen and oxygen atoms in total. The quantitative estimate of drug-likeness (QED) is 0.472. The smallest absolute Gasteiger partial charge is 0.508 e. The lowest BCUT2D eigenvalue weighted by Gasteiger charge is -2.52. The normalized spacial score (nSPS) is 35.3. The number of carbonyl (C=O) groups excluding carboxylic acids is 1. The molecule has 0 saturated heterocycles. The van der Waals surface area contributed by atoms with Crippen molar-refractivity contribution < 1.29 is 19.4 Å². The standard InChI is InChI=1S/C25H36O4/c1-4-5-6-13-28-24(27)29-22-10-9-21-23-16(2)14-17-15-18(26)7-8-19(17)20(23)11-12-25(21,22)3/h7-8,15-16,20-23,26H,4-6,9-14H2,1-3H3/t16-,20?,21?,22-,23?,25-/m0/s1. The maximum Gasteiger partial charge on any atom is 0.508 e. The molecule has 160 valence electrons. The molecule has 0 amide bonds. The fraction of sp³-hybridized carbons (Fsp3) is 0.720. The topological polar surface area (TPSA) is 55.8 Å². The average molecular weight is 401 g/mol. The maximum atomic E-state index is 12.3. The summed E-state index contributed by atoms with van der Waals surface area (Å²) in [5, 5.41) is 9.91. The Hall–Kier alpha value is -1.71. The van der Waals surface area contributed by atoms with Crippen LogP contribution in [0.1, 0.15) is 82.8 Å². The van der Waals surface area contributed by atoms with E-state index < -0.39 is 6.16 Å². The molecule has 3 unspecified atom stereocenters. The van der Waals surface area contributed by atoms with Crippen LogP contribution < -0.4 is 0 Å². The van der Waals surface area contributed by atoms with Gasteiger partial charge >= 0.3 is 6.16 Å². The number of aromatic hydroxyl groups is 1. The highest BCUT2D eigenvalue weighted by molar-refractivity contribution is 5.60. The van der Waals surface area contributed by atoms with Gasteiger partial charge in [0.1, 0.15) is 11.9 Å². The molecular weight excluding hydrogens is 364 g/mol. The van der Waals surface area contributed by atoms with Crippen LogP contribution in [0.4, 0.5) is 4.79 Å². The third-order valence-electron chi connectivity index (χ3n) is 8.18. The molecule has 0 heterocycles.